The largest absolute Gasteiger partial charge is 0.508 e. The van der Waals surface area contributed by atoms with E-state index in [9.17, 15) is 15.0 Å². The van der Waals surface area contributed by atoms with Crippen molar-refractivity contribution >= 4 is 5.91 Å². The Kier molecular flexibility index (Phi) is 4.58. The summed E-state index contributed by atoms with van der Waals surface area (Å²) in [6.45, 7) is 1.14. The highest BCUT2D eigenvalue weighted by molar-refractivity contribution is 5.97. The van der Waals surface area contributed by atoms with E-state index in [0.29, 0.717) is 13.1 Å². The van der Waals surface area contributed by atoms with Gasteiger partial charge in [0, 0.05) is 19.2 Å². The summed E-state index contributed by atoms with van der Waals surface area (Å²) in [5.41, 5.74) is 4.00. The first-order valence-corrected chi connectivity index (χ1v) is 9.52. The number of benzene rings is 2. The molecule has 1 fully saturated rings. The van der Waals surface area contributed by atoms with Crippen LogP contribution in [0.3, 0.4) is 0 Å². The molecular weight excluding hydrogens is 326 g/mol. The van der Waals surface area contributed by atoms with Crippen LogP contribution in [0, 0.1) is 5.92 Å². The van der Waals surface area contributed by atoms with E-state index in [1.165, 1.54) is 67.0 Å². The van der Waals surface area contributed by atoms with Gasteiger partial charge in [-0.3, -0.25) is 4.79 Å². The normalized spacial score (nSPS) is 17.3. The Balaban J connectivity index is 1.47. The molecule has 2 aliphatic rings. The molecule has 1 amide bonds. The summed E-state index contributed by atoms with van der Waals surface area (Å²) in [4.78, 5) is 14.5. The Morgan fingerprint density at radius 1 is 0.962 bits per heavy atom. The number of amides is 1. The molecule has 1 heterocycles. The standard InChI is InChI=1S/C22H25NO3/c24-19-8-9-20(21(25)12-19)22(26)23-13-17-7-6-16(11-18(17)14-23)10-15-4-2-1-3-5-15/h6-9,11-12,15,24-25H,1-5,10,13-14H2. The number of fused-ring (bicyclic) bond motifs is 1. The van der Waals surface area contributed by atoms with Crippen molar-refractivity contribution in [2.75, 3.05) is 0 Å². The van der Waals surface area contributed by atoms with E-state index in [0.717, 1.165) is 12.3 Å². The first kappa shape index (κ1) is 17.0. The fourth-order valence-corrected chi connectivity index (χ4v) is 4.31. The second-order valence-corrected chi connectivity index (χ2v) is 7.67. The van der Waals surface area contributed by atoms with Crippen molar-refractivity contribution in [3.05, 3.63) is 58.7 Å². The summed E-state index contributed by atoms with van der Waals surface area (Å²) in [6, 6.07) is 10.7. The maximum atomic E-state index is 12.7. The Labute approximate surface area is 154 Å². The molecular formula is C22H25NO3. The van der Waals surface area contributed by atoms with Crippen LogP contribution in [-0.2, 0) is 19.5 Å². The summed E-state index contributed by atoms with van der Waals surface area (Å²) in [6.07, 6.45) is 7.90. The van der Waals surface area contributed by atoms with Gasteiger partial charge in [-0.2, -0.15) is 0 Å². The van der Waals surface area contributed by atoms with Crippen LogP contribution >= 0.6 is 0 Å². The molecule has 0 saturated heterocycles. The van der Waals surface area contributed by atoms with Gasteiger partial charge >= 0.3 is 0 Å². The smallest absolute Gasteiger partial charge is 0.258 e. The minimum absolute atomic E-state index is 0.0453. The van der Waals surface area contributed by atoms with E-state index in [2.05, 4.69) is 18.2 Å². The predicted octanol–water partition coefficient (Wildman–Crippen LogP) is 4.38. The van der Waals surface area contributed by atoms with E-state index < -0.39 is 0 Å². The van der Waals surface area contributed by atoms with Gasteiger partial charge in [0.15, 0.2) is 0 Å². The number of hydrogen-bond acceptors (Lipinski definition) is 3. The molecule has 4 rings (SSSR count). The molecule has 2 N–H and O–H groups in total. The van der Waals surface area contributed by atoms with Crippen LogP contribution in [0.1, 0.15) is 59.2 Å². The van der Waals surface area contributed by atoms with Gasteiger partial charge in [0.25, 0.3) is 5.91 Å². The number of rotatable bonds is 3. The van der Waals surface area contributed by atoms with Crippen molar-refractivity contribution in [1.82, 2.24) is 4.90 Å². The van der Waals surface area contributed by atoms with Gasteiger partial charge in [-0.15, -0.1) is 0 Å². The molecule has 2 aromatic rings. The molecule has 1 aliphatic carbocycles. The average molecular weight is 351 g/mol. The first-order valence-electron chi connectivity index (χ1n) is 9.52. The van der Waals surface area contributed by atoms with Crippen molar-refractivity contribution < 1.29 is 15.0 Å². The fraction of sp³-hybridized carbons (Fsp3) is 0.409. The van der Waals surface area contributed by atoms with E-state index in [1.54, 1.807) is 4.90 Å². The quantitative estimate of drug-likeness (QED) is 0.863. The Morgan fingerprint density at radius 2 is 1.73 bits per heavy atom. The predicted molar refractivity (Wildman–Crippen MR) is 100 cm³/mol. The molecule has 0 unspecified atom stereocenters. The van der Waals surface area contributed by atoms with Gasteiger partial charge in [-0.05, 0) is 41.2 Å². The third-order valence-electron chi connectivity index (χ3n) is 5.74. The molecule has 1 saturated carbocycles. The number of aromatic hydroxyl groups is 2. The summed E-state index contributed by atoms with van der Waals surface area (Å²) >= 11 is 0. The van der Waals surface area contributed by atoms with Crippen molar-refractivity contribution in [3.8, 4) is 11.5 Å². The maximum Gasteiger partial charge on any atom is 0.258 e. The Morgan fingerprint density at radius 3 is 2.50 bits per heavy atom. The number of phenolic OH excluding ortho intramolecular Hbond substituents is 2. The molecule has 0 atom stereocenters. The number of carbonyl (C=O) groups excluding carboxylic acids is 1. The van der Waals surface area contributed by atoms with Gasteiger partial charge < -0.3 is 15.1 Å². The van der Waals surface area contributed by atoms with E-state index in [4.69, 9.17) is 0 Å². The van der Waals surface area contributed by atoms with Gasteiger partial charge in [-0.1, -0.05) is 50.3 Å². The van der Waals surface area contributed by atoms with E-state index >= 15 is 0 Å². The first-order chi connectivity index (χ1) is 12.6. The summed E-state index contributed by atoms with van der Waals surface area (Å²) < 4.78 is 0. The van der Waals surface area contributed by atoms with Gasteiger partial charge in [0.05, 0.1) is 5.56 Å². The third kappa shape index (κ3) is 3.41. The number of carbonyl (C=O) groups is 1. The highest BCUT2D eigenvalue weighted by Crippen LogP contribution is 2.31. The molecule has 0 radical (unpaired) electrons. The Hall–Kier alpha value is -2.49. The lowest BCUT2D eigenvalue weighted by Gasteiger charge is -2.21. The summed E-state index contributed by atoms with van der Waals surface area (Å²) in [5, 5.41) is 19.4. The van der Waals surface area contributed by atoms with E-state index in [1.807, 2.05) is 0 Å². The molecule has 0 bridgehead atoms. The van der Waals surface area contributed by atoms with E-state index in [-0.39, 0.29) is 23.0 Å². The average Bonchev–Trinajstić information content (AvgIpc) is 3.05. The van der Waals surface area contributed by atoms with Crippen LogP contribution in [0.15, 0.2) is 36.4 Å². The highest BCUT2D eigenvalue weighted by Gasteiger charge is 2.26. The van der Waals surface area contributed by atoms with Gasteiger partial charge in [0.2, 0.25) is 0 Å². The molecule has 26 heavy (non-hydrogen) atoms. The SMILES string of the molecule is O=C(c1ccc(O)cc1O)N1Cc2ccc(CC3CCCCC3)cc2C1. The zero-order valence-corrected chi connectivity index (χ0v) is 14.9. The minimum Gasteiger partial charge on any atom is -0.508 e. The fourth-order valence-electron chi connectivity index (χ4n) is 4.31. The molecule has 1 aliphatic heterocycles. The maximum absolute atomic E-state index is 12.7. The monoisotopic (exact) mass is 351 g/mol. The van der Waals surface area contributed by atoms with Crippen LogP contribution in [0.2, 0.25) is 0 Å². The molecule has 0 aromatic heterocycles. The van der Waals surface area contributed by atoms with Gasteiger partial charge in [0.1, 0.15) is 11.5 Å². The molecule has 2 aromatic carbocycles. The second kappa shape index (κ2) is 7.02. The zero-order valence-electron chi connectivity index (χ0n) is 14.9. The number of hydrogen-bond donors (Lipinski definition) is 2. The summed E-state index contributed by atoms with van der Waals surface area (Å²) in [7, 11) is 0. The lowest BCUT2D eigenvalue weighted by molar-refractivity contribution is 0.0748. The van der Waals surface area contributed by atoms with Crippen LogP contribution in [0.25, 0.3) is 0 Å². The lowest BCUT2D eigenvalue weighted by Crippen LogP contribution is -2.25. The van der Waals surface area contributed by atoms with Crippen LogP contribution in [-0.4, -0.2) is 21.0 Å². The molecule has 0 spiro atoms. The molecule has 4 nitrogen and oxygen atoms in total. The zero-order chi connectivity index (χ0) is 18.1. The van der Waals surface area contributed by atoms with Crippen molar-refractivity contribution in [2.24, 2.45) is 5.92 Å². The minimum atomic E-state index is -0.201. The lowest BCUT2D eigenvalue weighted by atomic mass is 9.84. The van der Waals surface area contributed by atoms with Crippen LogP contribution < -0.4 is 0 Å². The molecule has 4 heteroatoms. The van der Waals surface area contributed by atoms with Gasteiger partial charge in [-0.25, -0.2) is 0 Å². The topological polar surface area (TPSA) is 60.8 Å². The number of phenols is 2. The van der Waals surface area contributed by atoms with Crippen molar-refractivity contribution in [3.63, 3.8) is 0 Å². The van der Waals surface area contributed by atoms with Crippen LogP contribution in [0.4, 0.5) is 0 Å². The number of nitrogens with zero attached hydrogens (tertiary/aromatic N) is 1. The Bertz CT molecular complexity index is 824. The highest BCUT2D eigenvalue weighted by atomic mass is 16.3. The van der Waals surface area contributed by atoms with Crippen LogP contribution in [0.5, 0.6) is 11.5 Å². The second-order valence-electron chi connectivity index (χ2n) is 7.67. The third-order valence-corrected chi connectivity index (χ3v) is 5.74. The summed E-state index contributed by atoms with van der Waals surface area (Å²) in [5.74, 6) is 0.377. The molecule has 136 valence electrons. The van der Waals surface area contributed by atoms with Crippen molar-refractivity contribution in [2.45, 2.75) is 51.6 Å². The van der Waals surface area contributed by atoms with Crippen molar-refractivity contribution in [1.29, 1.82) is 0 Å².